The second-order valence-electron chi connectivity index (χ2n) is 5.43. The maximum absolute atomic E-state index is 5.61. The molecule has 0 aromatic heterocycles. The number of nitrogens with zero attached hydrogens (tertiary/aromatic N) is 1. The van der Waals surface area contributed by atoms with Gasteiger partial charge in [0.15, 0.2) is 0 Å². The first-order valence-corrected chi connectivity index (χ1v) is 6.95. The Kier molecular flexibility index (Phi) is 8.83. The van der Waals surface area contributed by atoms with Crippen molar-refractivity contribution in [1.82, 2.24) is 10.2 Å². The zero-order valence-electron chi connectivity index (χ0n) is 12.7. The van der Waals surface area contributed by atoms with Crippen LogP contribution in [0.15, 0.2) is 0 Å². The summed E-state index contributed by atoms with van der Waals surface area (Å²) in [6.45, 7) is 12.0. The maximum Gasteiger partial charge on any atom is 0.0787 e. The standard InChI is InChI=1S/C14H32N2O/c1-7-9-11-16(5)12-13(15-10-8-2)14(3,4)17-6/h13,15H,7-12H2,1-6H3. The molecule has 0 amide bonds. The van der Waals surface area contributed by atoms with E-state index in [1.807, 2.05) is 0 Å². The SMILES string of the molecule is CCCCN(C)CC(NCCC)C(C)(C)OC. The highest BCUT2D eigenvalue weighted by atomic mass is 16.5. The average Bonchev–Trinajstić information content (AvgIpc) is 2.31. The van der Waals surface area contributed by atoms with Gasteiger partial charge in [0, 0.05) is 19.7 Å². The number of methoxy groups -OCH3 is 1. The van der Waals surface area contributed by atoms with Gasteiger partial charge in [-0.05, 0) is 46.8 Å². The van der Waals surface area contributed by atoms with Gasteiger partial charge in [-0.3, -0.25) is 0 Å². The minimum Gasteiger partial charge on any atom is -0.377 e. The predicted octanol–water partition coefficient (Wildman–Crippen LogP) is 2.51. The van der Waals surface area contributed by atoms with Crippen LogP contribution in [0.5, 0.6) is 0 Å². The van der Waals surface area contributed by atoms with Crippen molar-refractivity contribution in [3.8, 4) is 0 Å². The van der Waals surface area contributed by atoms with E-state index < -0.39 is 0 Å². The van der Waals surface area contributed by atoms with E-state index in [4.69, 9.17) is 4.74 Å². The van der Waals surface area contributed by atoms with Crippen molar-refractivity contribution < 1.29 is 4.74 Å². The van der Waals surface area contributed by atoms with E-state index in [1.54, 1.807) is 7.11 Å². The summed E-state index contributed by atoms with van der Waals surface area (Å²) in [5, 5.41) is 3.60. The van der Waals surface area contributed by atoms with Gasteiger partial charge in [0.1, 0.15) is 0 Å². The second kappa shape index (κ2) is 8.90. The van der Waals surface area contributed by atoms with Crippen LogP contribution in [0.4, 0.5) is 0 Å². The van der Waals surface area contributed by atoms with Gasteiger partial charge in [0.2, 0.25) is 0 Å². The van der Waals surface area contributed by atoms with Crippen molar-refractivity contribution in [3.05, 3.63) is 0 Å². The van der Waals surface area contributed by atoms with E-state index in [1.165, 1.54) is 19.4 Å². The molecule has 0 aliphatic rings. The lowest BCUT2D eigenvalue weighted by atomic mass is 9.97. The molecule has 0 aliphatic heterocycles. The Morgan fingerprint density at radius 1 is 1.24 bits per heavy atom. The first-order valence-electron chi connectivity index (χ1n) is 6.95. The molecule has 0 bridgehead atoms. The summed E-state index contributed by atoms with van der Waals surface area (Å²) >= 11 is 0. The molecular weight excluding hydrogens is 212 g/mol. The van der Waals surface area contributed by atoms with Crippen LogP contribution in [0, 0.1) is 0 Å². The van der Waals surface area contributed by atoms with Gasteiger partial charge in [0.05, 0.1) is 5.60 Å². The minimum atomic E-state index is -0.115. The monoisotopic (exact) mass is 244 g/mol. The number of hydrogen-bond donors (Lipinski definition) is 1. The zero-order chi connectivity index (χ0) is 13.3. The van der Waals surface area contributed by atoms with Crippen LogP contribution in [0.1, 0.15) is 47.0 Å². The molecule has 104 valence electrons. The Bertz CT molecular complexity index is 183. The van der Waals surface area contributed by atoms with Crippen molar-refractivity contribution in [2.45, 2.75) is 58.6 Å². The zero-order valence-corrected chi connectivity index (χ0v) is 12.7. The van der Waals surface area contributed by atoms with Gasteiger partial charge >= 0.3 is 0 Å². The number of hydrogen-bond acceptors (Lipinski definition) is 3. The Morgan fingerprint density at radius 2 is 1.88 bits per heavy atom. The lowest BCUT2D eigenvalue weighted by molar-refractivity contribution is -0.0180. The van der Waals surface area contributed by atoms with Crippen molar-refractivity contribution in [1.29, 1.82) is 0 Å². The normalized spacial score (nSPS) is 14.3. The molecule has 0 radical (unpaired) electrons. The molecule has 0 heterocycles. The molecule has 3 heteroatoms. The van der Waals surface area contributed by atoms with Crippen LogP contribution in [0.2, 0.25) is 0 Å². The summed E-state index contributed by atoms with van der Waals surface area (Å²) in [6, 6.07) is 0.384. The van der Waals surface area contributed by atoms with Crippen LogP contribution in [-0.4, -0.2) is 50.3 Å². The molecule has 1 unspecified atom stereocenters. The van der Waals surface area contributed by atoms with E-state index in [-0.39, 0.29) is 5.60 Å². The number of likely N-dealkylation sites (N-methyl/N-ethyl adjacent to an activating group) is 1. The lowest BCUT2D eigenvalue weighted by Crippen LogP contribution is -2.54. The fraction of sp³-hybridized carbons (Fsp3) is 1.00. The Balaban J connectivity index is 4.27. The molecule has 0 fully saturated rings. The number of unbranched alkanes of at least 4 members (excludes halogenated alkanes) is 1. The summed E-state index contributed by atoms with van der Waals surface area (Å²) in [4.78, 5) is 2.40. The van der Waals surface area contributed by atoms with Gasteiger partial charge in [-0.15, -0.1) is 0 Å². The quantitative estimate of drug-likeness (QED) is 0.639. The number of ether oxygens (including phenoxy) is 1. The maximum atomic E-state index is 5.61. The summed E-state index contributed by atoms with van der Waals surface area (Å²) in [5.74, 6) is 0. The molecule has 0 spiro atoms. The average molecular weight is 244 g/mol. The summed E-state index contributed by atoms with van der Waals surface area (Å²) in [7, 11) is 3.99. The van der Waals surface area contributed by atoms with Gasteiger partial charge in [-0.1, -0.05) is 20.3 Å². The third-order valence-electron chi connectivity index (χ3n) is 3.39. The minimum absolute atomic E-state index is 0.115. The van der Waals surface area contributed by atoms with Gasteiger partial charge in [-0.2, -0.15) is 0 Å². The molecule has 1 atom stereocenters. The van der Waals surface area contributed by atoms with Gasteiger partial charge in [-0.25, -0.2) is 0 Å². The molecular formula is C14H32N2O. The Morgan fingerprint density at radius 3 is 2.35 bits per heavy atom. The molecule has 0 rings (SSSR count). The predicted molar refractivity (Wildman–Crippen MR) is 75.6 cm³/mol. The van der Waals surface area contributed by atoms with Crippen molar-refractivity contribution in [2.75, 3.05) is 33.8 Å². The smallest absolute Gasteiger partial charge is 0.0787 e. The fourth-order valence-corrected chi connectivity index (χ4v) is 1.82. The lowest BCUT2D eigenvalue weighted by Gasteiger charge is -2.36. The van der Waals surface area contributed by atoms with E-state index in [2.05, 4.69) is 45.0 Å². The van der Waals surface area contributed by atoms with Crippen molar-refractivity contribution in [3.63, 3.8) is 0 Å². The van der Waals surface area contributed by atoms with Crippen LogP contribution >= 0.6 is 0 Å². The molecule has 17 heavy (non-hydrogen) atoms. The summed E-state index contributed by atoms with van der Waals surface area (Å²) in [5.41, 5.74) is -0.115. The summed E-state index contributed by atoms with van der Waals surface area (Å²) in [6.07, 6.45) is 3.68. The topological polar surface area (TPSA) is 24.5 Å². The van der Waals surface area contributed by atoms with Crippen LogP contribution in [0.25, 0.3) is 0 Å². The Hall–Kier alpha value is -0.120. The first kappa shape index (κ1) is 16.9. The highest BCUT2D eigenvalue weighted by molar-refractivity contribution is 4.87. The second-order valence-corrected chi connectivity index (χ2v) is 5.43. The molecule has 0 aromatic rings. The fourth-order valence-electron chi connectivity index (χ4n) is 1.82. The third-order valence-corrected chi connectivity index (χ3v) is 3.39. The van der Waals surface area contributed by atoms with E-state index in [0.717, 1.165) is 19.5 Å². The molecule has 0 saturated heterocycles. The van der Waals surface area contributed by atoms with E-state index >= 15 is 0 Å². The molecule has 0 saturated carbocycles. The highest BCUT2D eigenvalue weighted by Crippen LogP contribution is 2.15. The van der Waals surface area contributed by atoms with Gasteiger partial charge < -0.3 is 15.0 Å². The largest absolute Gasteiger partial charge is 0.377 e. The third kappa shape index (κ3) is 7.02. The number of nitrogens with one attached hydrogen (secondary N) is 1. The van der Waals surface area contributed by atoms with Crippen LogP contribution in [-0.2, 0) is 4.74 Å². The molecule has 0 aromatic carbocycles. The summed E-state index contributed by atoms with van der Waals surface area (Å²) < 4.78 is 5.61. The van der Waals surface area contributed by atoms with Crippen molar-refractivity contribution in [2.24, 2.45) is 0 Å². The van der Waals surface area contributed by atoms with Crippen LogP contribution < -0.4 is 5.32 Å². The van der Waals surface area contributed by atoms with Crippen LogP contribution in [0.3, 0.4) is 0 Å². The highest BCUT2D eigenvalue weighted by Gasteiger charge is 2.29. The molecule has 1 N–H and O–H groups in total. The molecule has 3 nitrogen and oxygen atoms in total. The van der Waals surface area contributed by atoms with E-state index in [0.29, 0.717) is 6.04 Å². The van der Waals surface area contributed by atoms with E-state index in [9.17, 15) is 0 Å². The van der Waals surface area contributed by atoms with Crippen molar-refractivity contribution >= 4 is 0 Å². The van der Waals surface area contributed by atoms with Gasteiger partial charge in [0.25, 0.3) is 0 Å². The number of rotatable bonds is 10. The first-order chi connectivity index (χ1) is 7.97. The molecule has 0 aliphatic carbocycles. The Labute approximate surface area is 108 Å².